The molecule has 0 aliphatic rings. The summed E-state index contributed by atoms with van der Waals surface area (Å²) >= 11 is 3.47. The van der Waals surface area contributed by atoms with Crippen molar-refractivity contribution in [2.24, 2.45) is 5.10 Å². The van der Waals surface area contributed by atoms with E-state index in [0.29, 0.717) is 0 Å². The predicted octanol–water partition coefficient (Wildman–Crippen LogP) is 3.42. The molecule has 0 fully saturated rings. The Bertz CT molecular complexity index is 691. The number of nitriles is 2. The minimum atomic E-state index is -0.206. The fourth-order valence-electron chi connectivity index (χ4n) is 1.56. The average Bonchev–Trinajstić information content (AvgIpc) is 2.41. The molecule has 0 aliphatic heterocycles. The van der Waals surface area contributed by atoms with E-state index in [9.17, 15) is 0 Å². The van der Waals surface area contributed by atoms with Crippen LogP contribution in [0.4, 0.5) is 5.69 Å². The zero-order chi connectivity index (χ0) is 13.0. The Morgan fingerprint density at radius 1 is 1.06 bits per heavy atom. The molecule has 86 valence electrons. The maximum absolute atomic E-state index is 8.61. The molecule has 2 aromatic rings. The van der Waals surface area contributed by atoms with Gasteiger partial charge in [-0.25, -0.2) is 0 Å². The number of fused-ring (bicyclic) bond motifs is 1. The third-order valence-corrected chi connectivity index (χ3v) is 3.06. The molecule has 0 unspecified atom stereocenters. The highest BCUT2D eigenvalue weighted by atomic mass is 79.9. The van der Waals surface area contributed by atoms with E-state index in [0.717, 1.165) is 20.9 Å². The summed E-state index contributed by atoms with van der Waals surface area (Å²) in [6, 6.07) is 14.9. The van der Waals surface area contributed by atoms with Crippen molar-refractivity contribution in [1.29, 1.82) is 10.5 Å². The third-order valence-electron chi connectivity index (χ3n) is 2.37. The van der Waals surface area contributed by atoms with Gasteiger partial charge in [0.05, 0.1) is 5.69 Å². The van der Waals surface area contributed by atoms with Crippen LogP contribution in [0.2, 0.25) is 0 Å². The molecule has 0 saturated carbocycles. The molecule has 0 amide bonds. The van der Waals surface area contributed by atoms with Crippen molar-refractivity contribution < 1.29 is 0 Å². The topological polar surface area (TPSA) is 72.0 Å². The smallest absolute Gasteiger partial charge is 0.237 e. The molecule has 0 saturated heterocycles. The molecular weight excluding hydrogens is 292 g/mol. The first-order valence-electron chi connectivity index (χ1n) is 5.07. The van der Waals surface area contributed by atoms with Gasteiger partial charge in [0, 0.05) is 9.86 Å². The zero-order valence-electron chi connectivity index (χ0n) is 9.18. The Labute approximate surface area is 112 Å². The van der Waals surface area contributed by atoms with E-state index in [1.54, 1.807) is 12.1 Å². The number of anilines is 1. The largest absolute Gasteiger partial charge is 0.276 e. The van der Waals surface area contributed by atoms with E-state index in [-0.39, 0.29) is 5.71 Å². The van der Waals surface area contributed by atoms with E-state index >= 15 is 0 Å². The van der Waals surface area contributed by atoms with E-state index in [2.05, 4.69) is 26.5 Å². The number of hydrogen-bond acceptors (Lipinski definition) is 4. The summed E-state index contributed by atoms with van der Waals surface area (Å²) in [6.07, 6.45) is 0. The number of benzene rings is 2. The van der Waals surface area contributed by atoms with Crippen molar-refractivity contribution >= 4 is 38.1 Å². The van der Waals surface area contributed by atoms with Gasteiger partial charge in [-0.3, -0.25) is 5.43 Å². The van der Waals surface area contributed by atoms with Crippen LogP contribution in [-0.4, -0.2) is 5.71 Å². The summed E-state index contributed by atoms with van der Waals surface area (Å²) in [5.41, 5.74) is 3.28. The lowest BCUT2D eigenvalue weighted by Gasteiger charge is -2.06. The molecule has 2 aromatic carbocycles. The van der Waals surface area contributed by atoms with Crippen LogP contribution in [0.1, 0.15) is 0 Å². The molecule has 0 aromatic heterocycles. The number of hydrogen-bond donors (Lipinski definition) is 1. The highest BCUT2D eigenvalue weighted by Gasteiger charge is 2.02. The van der Waals surface area contributed by atoms with Gasteiger partial charge in [0.25, 0.3) is 0 Å². The average molecular weight is 299 g/mol. The highest BCUT2D eigenvalue weighted by molar-refractivity contribution is 9.10. The second kappa shape index (κ2) is 5.31. The summed E-state index contributed by atoms with van der Waals surface area (Å²) in [6.45, 7) is 0. The van der Waals surface area contributed by atoms with Crippen LogP contribution >= 0.6 is 15.9 Å². The molecule has 0 heterocycles. The van der Waals surface area contributed by atoms with E-state index in [4.69, 9.17) is 10.5 Å². The van der Waals surface area contributed by atoms with Gasteiger partial charge in [0.15, 0.2) is 0 Å². The first-order chi connectivity index (χ1) is 8.76. The lowest BCUT2D eigenvalue weighted by molar-refractivity contribution is 1.35. The number of rotatable bonds is 2. The Balaban J connectivity index is 2.48. The van der Waals surface area contributed by atoms with Crippen molar-refractivity contribution in [2.45, 2.75) is 0 Å². The molecule has 1 N–H and O–H groups in total. The van der Waals surface area contributed by atoms with Crippen LogP contribution in [0, 0.1) is 22.7 Å². The molecule has 0 bridgehead atoms. The fourth-order valence-corrected chi connectivity index (χ4v) is 2.06. The highest BCUT2D eigenvalue weighted by Crippen LogP contribution is 2.29. The van der Waals surface area contributed by atoms with Gasteiger partial charge in [-0.1, -0.05) is 40.2 Å². The van der Waals surface area contributed by atoms with Crippen LogP contribution in [0.25, 0.3) is 10.8 Å². The van der Waals surface area contributed by atoms with Crippen LogP contribution in [0.3, 0.4) is 0 Å². The lowest BCUT2D eigenvalue weighted by atomic mass is 10.1. The van der Waals surface area contributed by atoms with Gasteiger partial charge >= 0.3 is 0 Å². The van der Waals surface area contributed by atoms with Crippen molar-refractivity contribution in [3.8, 4) is 12.1 Å². The van der Waals surface area contributed by atoms with Gasteiger partial charge < -0.3 is 0 Å². The van der Waals surface area contributed by atoms with Crippen molar-refractivity contribution in [1.82, 2.24) is 0 Å². The molecule has 0 spiro atoms. The minimum absolute atomic E-state index is 0.206. The number of nitrogens with one attached hydrogen (secondary N) is 1. The second-order valence-corrected chi connectivity index (χ2v) is 4.29. The Morgan fingerprint density at radius 3 is 2.44 bits per heavy atom. The van der Waals surface area contributed by atoms with Crippen molar-refractivity contribution in [3.05, 3.63) is 40.9 Å². The monoisotopic (exact) mass is 298 g/mol. The van der Waals surface area contributed by atoms with Gasteiger partial charge in [0.1, 0.15) is 12.1 Å². The fraction of sp³-hybridized carbons (Fsp3) is 0. The molecule has 4 nitrogen and oxygen atoms in total. The predicted molar refractivity (Wildman–Crippen MR) is 73.9 cm³/mol. The van der Waals surface area contributed by atoms with E-state index in [1.807, 2.05) is 36.4 Å². The second-order valence-electron chi connectivity index (χ2n) is 3.44. The van der Waals surface area contributed by atoms with Gasteiger partial charge in [-0.2, -0.15) is 15.6 Å². The van der Waals surface area contributed by atoms with Gasteiger partial charge in [-0.15, -0.1) is 0 Å². The molecule has 5 heteroatoms. The summed E-state index contributed by atoms with van der Waals surface area (Å²) in [5.74, 6) is 0. The van der Waals surface area contributed by atoms with Crippen LogP contribution < -0.4 is 5.43 Å². The summed E-state index contributed by atoms with van der Waals surface area (Å²) in [4.78, 5) is 0. The SMILES string of the molecule is N#CC(C#N)=NNc1cccc2c(Br)cccc12. The van der Waals surface area contributed by atoms with E-state index in [1.165, 1.54) is 0 Å². The molecule has 18 heavy (non-hydrogen) atoms. The molecular formula is C13H7BrN4. The number of hydrazone groups is 1. The molecule has 2 rings (SSSR count). The molecule has 0 aliphatic carbocycles. The Kier molecular flexibility index (Phi) is 3.57. The van der Waals surface area contributed by atoms with Gasteiger partial charge in [0.2, 0.25) is 5.71 Å². The number of nitrogens with zero attached hydrogens (tertiary/aromatic N) is 3. The van der Waals surface area contributed by atoms with Crippen LogP contribution in [0.5, 0.6) is 0 Å². The standard InChI is InChI=1S/C13H7BrN4/c14-12-5-1-4-11-10(12)3-2-6-13(11)18-17-9(7-15)8-16/h1-6,18H. The van der Waals surface area contributed by atoms with Crippen molar-refractivity contribution in [2.75, 3.05) is 5.43 Å². The van der Waals surface area contributed by atoms with Crippen LogP contribution in [-0.2, 0) is 0 Å². The van der Waals surface area contributed by atoms with Gasteiger partial charge in [-0.05, 0) is 17.5 Å². The quantitative estimate of drug-likeness (QED) is 0.682. The first kappa shape index (κ1) is 12.1. The maximum Gasteiger partial charge on any atom is 0.237 e. The van der Waals surface area contributed by atoms with Crippen molar-refractivity contribution in [3.63, 3.8) is 0 Å². The van der Waals surface area contributed by atoms with Crippen LogP contribution in [0.15, 0.2) is 46.0 Å². The number of halogens is 1. The normalized spacial score (nSPS) is 9.28. The summed E-state index contributed by atoms with van der Waals surface area (Å²) in [5, 5.41) is 23.0. The molecule has 0 atom stereocenters. The Hall–Kier alpha value is -2.37. The van der Waals surface area contributed by atoms with E-state index < -0.39 is 0 Å². The summed E-state index contributed by atoms with van der Waals surface area (Å²) < 4.78 is 0.980. The zero-order valence-corrected chi connectivity index (χ0v) is 10.8. The first-order valence-corrected chi connectivity index (χ1v) is 5.86. The lowest BCUT2D eigenvalue weighted by Crippen LogP contribution is -1.96. The maximum atomic E-state index is 8.61. The molecule has 0 radical (unpaired) electrons. The minimum Gasteiger partial charge on any atom is -0.276 e. The Morgan fingerprint density at radius 2 is 1.72 bits per heavy atom. The third kappa shape index (κ3) is 2.32. The summed E-state index contributed by atoms with van der Waals surface area (Å²) in [7, 11) is 0.